The number of carbonyl (C=O) groups is 1. The lowest BCUT2D eigenvalue weighted by Gasteiger charge is -2.36. The highest BCUT2D eigenvalue weighted by molar-refractivity contribution is 7.18. The van der Waals surface area contributed by atoms with E-state index in [-0.39, 0.29) is 0 Å². The smallest absolute Gasteiger partial charge is 0.352 e. The van der Waals surface area contributed by atoms with Gasteiger partial charge in [0.05, 0.1) is 13.4 Å². The first-order valence-electron chi connectivity index (χ1n) is 8.53. The summed E-state index contributed by atoms with van der Waals surface area (Å²) in [4.78, 5) is 27.7. The molecule has 0 bridgehead atoms. The van der Waals surface area contributed by atoms with Crippen molar-refractivity contribution in [1.29, 1.82) is 0 Å². The fourth-order valence-electron chi connectivity index (χ4n) is 2.73. The molecule has 0 radical (unpaired) electrons. The van der Waals surface area contributed by atoms with Crippen LogP contribution in [0.25, 0.3) is 0 Å². The molecular weight excluding hydrogens is 386 g/mol. The second kappa shape index (κ2) is 8.58. The van der Waals surface area contributed by atoms with E-state index in [9.17, 15) is 4.79 Å². The number of methoxy groups -OCH3 is 1. The normalized spacial score (nSPS) is 14.7. The van der Waals surface area contributed by atoms with E-state index in [1.807, 2.05) is 38.4 Å². The number of aliphatic imine (C=N–C) groups is 1. The van der Waals surface area contributed by atoms with Gasteiger partial charge >= 0.3 is 5.97 Å². The number of nitrogens with zero attached hydrogens (tertiary/aromatic N) is 5. The third kappa shape index (κ3) is 4.70. The van der Waals surface area contributed by atoms with Gasteiger partial charge in [-0.2, -0.15) is 4.98 Å². The predicted octanol–water partition coefficient (Wildman–Crippen LogP) is 3.13. The van der Waals surface area contributed by atoms with Gasteiger partial charge in [-0.15, -0.1) is 0 Å². The molecule has 3 rings (SSSR count). The number of thiazole rings is 1. The second-order valence-electron chi connectivity index (χ2n) is 6.30. The molecule has 1 aliphatic heterocycles. The van der Waals surface area contributed by atoms with Gasteiger partial charge in [0, 0.05) is 51.0 Å². The second-order valence-corrected chi connectivity index (χ2v) is 7.71. The molecular formula is C18H22ClN5O2S. The molecule has 1 saturated heterocycles. The summed E-state index contributed by atoms with van der Waals surface area (Å²) in [7, 11) is 5.10. The maximum absolute atomic E-state index is 12.1. The number of hydrogen-bond acceptors (Lipinski definition) is 7. The Balaban J connectivity index is 1.73. The van der Waals surface area contributed by atoms with Crippen molar-refractivity contribution in [2.75, 3.05) is 57.2 Å². The van der Waals surface area contributed by atoms with E-state index < -0.39 is 5.97 Å². The molecule has 0 amide bonds. The molecule has 1 aliphatic rings. The van der Waals surface area contributed by atoms with Crippen LogP contribution in [0.5, 0.6) is 0 Å². The van der Waals surface area contributed by atoms with Crippen LogP contribution in [0.1, 0.15) is 9.67 Å². The van der Waals surface area contributed by atoms with Gasteiger partial charge in [0.15, 0.2) is 15.8 Å². The predicted molar refractivity (Wildman–Crippen MR) is 111 cm³/mol. The Kier molecular flexibility index (Phi) is 6.18. The van der Waals surface area contributed by atoms with Crippen molar-refractivity contribution in [3.63, 3.8) is 0 Å². The number of ether oxygens (including phenoxy) is 1. The van der Waals surface area contributed by atoms with Crippen molar-refractivity contribution in [1.82, 2.24) is 9.88 Å². The molecule has 1 aromatic carbocycles. The highest BCUT2D eigenvalue weighted by Gasteiger charge is 2.24. The molecule has 0 unspecified atom stereocenters. The number of carbonyl (C=O) groups excluding carboxylic acids is 1. The Morgan fingerprint density at radius 1 is 1.22 bits per heavy atom. The zero-order valence-corrected chi connectivity index (χ0v) is 17.1. The van der Waals surface area contributed by atoms with E-state index in [0.717, 1.165) is 42.0 Å². The van der Waals surface area contributed by atoms with Crippen LogP contribution in [0.4, 0.5) is 16.6 Å². The summed E-state index contributed by atoms with van der Waals surface area (Å²) in [5, 5.41) is 1.53. The number of piperazine rings is 1. The number of hydrogen-bond donors (Lipinski definition) is 0. The molecule has 1 aromatic heterocycles. The summed E-state index contributed by atoms with van der Waals surface area (Å²) in [6.07, 6.45) is 1.63. The van der Waals surface area contributed by atoms with Gasteiger partial charge in [-0.1, -0.05) is 22.9 Å². The maximum Gasteiger partial charge on any atom is 0.352 e. The molecule has 2 heterocycles. The fourth-order valence-corrected chi connectivity index (χ4v) is 3.84. The number of anilines is 2. The fraction of sp³-hybridized carbons (Fsp3) is 0.389. The summed E-state index contributed by atoms with van der Waals surface area (Å²) in [5.41, 5.74) is 1.16. The molecule has 0 spiro atoms. The van der Waals surface area contributed by atoms with E-state index in [1.165, 1.54) is 18.4 Å². The third-order valence-corrected chi connectivity index (χ3v) is 5.46. The standard InChI is InChI=1S/C18H22ClN5O2S/c1-22(2)12-20-16-15(17(25)26-3)27-18(21-16)24-10-8-23(9-11-24)14-6-4-13(19)5-7-14/h4-7,12H,8-11H2,1-3H3/b20-12+. The summed E-state index contributed by atoms with van der Waals surface area (Å²) in [5.74, 6) is -0.0138. The van der Waals surface area contributed by atoms with Gasteiger partial charge in [-0.05, 0) is 24.3 Å². The first-order chi connectivity index (χ1) is 13.0. The summed E-state index contributed by atoms with van der Waals surface area (Å²) < 4.78 is 4.88. The quantitative estimate of drug-likeness (QED) is 0.431. The van der Waals surface area contributed by atoms with Gasteiger partial charge < -0.3 is 19.4 Å². The third-order valence-electron chi connectivity index (χ3n) is 4.12. The molecule has 0 saturated carbocycles. The Morgan fingerprint density at radius 3 is 2.44 bits per heavy atom. The Morgan fingerprint density at radius 2 is 1.85 bits per heavy atom. The van der Waals surface area contributed by atoms with Gasteiger partial charge in [-0.25, -0.2) is 9.79 Å². The van der Waals surface area contributed by atoms with Crippen molar-refractivity contribution in [3.8, 4) is 0 Å². The molecule has 0 aliphatic carbocycles. The van der Waals surface area contributed by atoms with E-state index in [4.69, 9.17) is 16.3 Å². The summed E-state index contributed by atoms with van der Waals surface area (Å²) >= 11 is 7.29. The molecule has 0 atom stereocenters. The van der Waals surface area contributed by atoms with Crippen LogP contribution in [-0.4, -0.2) is 69.6 Å². The zero-order valence-electron chi connectivity index (χ0n) is 15.6. The van der Waals surface area contributed by atoms with Crippen molar-refractivity contribution in [2.24, 2.45) is 4.99 Å². The minimum Gasteiger partial charge on any atom is -0.465 e. The lowest BCUT2D eigenvalue weighted by molar-refractivity contribution is 0.0607. The topological polar surface area (TPSA) is 61.3 Å². The van der Waals surface area contributed by atoms with Crippen LogP contribution in [0.2, 0.25) is 5.02 Å². The van der Waals surface area contributed by atoms with Crippen LogP contribution < -0.4 is 9.80 Å². The zero-order chi connectivity index (χ0) is 19.4. The van der Waals surface area contributed by atoms with Crippen molar-refractivity contribution in [2.45, 2.75) is 0 Å². The minimum atomic E-state index is -0.413. The molecule has 0 N–H and O–H groups in total. The molecule has 7 nitrogen and oxygen atoms in total. The minimum absolute atomic E-state index is 0.399. The first kappa shape index (κ1) is 19.4. The van der Waals surface area contributed by atoms with Crippen molar-refractivity contribution in [3.05, 3.63) is 34.2 Å². The van der Waals surface area contributed by atoms with Gasteiger partial charge in [0.2, 0.25) is 0 Å². The van der Waals surface area contributed by atoms with Crippen LogP contribution >= 0.6 is 22.9 Å². The van der Waals surface area contributed by atoms with Crippen molar-refractivity contribution < 1.29 is 9.53 Å². The van der Waals surface area contributed by atoms with Crippen LogP contribution in [-0.2, 0) is 4.74 Å². The van der Waals surface area contributed by atoms with Crippen molar-refractivity contribution >= 4 is 51.9 Å². The average Bonchev–Trinajstić information content (AvgIpc) is 3.11. The van der Waals surface area contributed by atoms with Gasteiger partial charge in [0.25, 0.3) is 0 Å². The highest BCUT2D eigenvalue weighted by atomic mass is 35.5. The number of halogens is 1. The molecule has 27 heavy (non-hydrogen) atoms. The van der Waals surface area contributed by atoms with Gasteiger partial charge in [0.1, 0.15) is 0 Å². The van der Waals surface area contributed by atoms with E-state index >= 15 is 0 Å². The Labute approximate surface area is 167 Å². The SMILES string of the molecule is COC(=O)c1sc(N2CCN(c3ccc(Cl)cc3)CC2)nc1/N=C/N(C)C. The summed E-state index contributed by atoms with van der Waals surface area (Å²) in [6.45, 7) is 3.36. The molecule has 9 heteroatoms. The van der Waals surface area contributed by atoms with Crippen LogP contribution in [0, 0.1) is 0 Å². The van der Waals surface area contributed by atoms with E-state index in [2.05, 4.69) is 19.8 Å². The average molecular weight is 408 g/mol. The Hall–Kier alpha value is -2.32. The first-order valence-corrected chi connectivity index (χ1v) is 9.72. The van der Waals surface area contributed by atoms with E-state index in [1.54, 1.807) is 11.2 Å². The molecule has 2 aromatic rings. The molecule has 1 fully saturated rings. The Bertz CT molecular complexity index is 814. The van der Waals surface area contributed by atoms with Crippen LogP contribution in [0.15, 0.2) is 29.3 Å². The van der Waals surface area contributed by atoms with Gasteiger partial charge in [-0.3, -0.25) is 0 Å². The lowest BCUT2D eigenvalue weighted by atomic mass is 10.2. The van der Waals surface area contributed by atoms with E-state index in [0.29, 0.717) is 10.7 Å². The largest absolute Gasteiger partial charge is 0.465 e. The summed E-state index contributed by atoms with van der Waals surface area (Å²) in [6, 6.07) is 7.87. The van der Waals surface area contributed by atoms with Crippen LogP contribution in [0.3, 0.4) is 0 Å². The number of esters is 1. The highest BCUT2D eigenvalue weighted by Crippen LogP contribution is 2.33. The lowest BCUT2D eigenvalue weighted by Crippen LogP contribution is -2.46. The maximum atomic E-state index is 12.1. The molecule has 144 valence electrons. The number of rotatable bonds is 5. The monoisotopic (exact) mass is 407 g/mol. The number of benzene rings is 1. The number of aromatic nitrogens is 1.